The van der Waals surface area contributed by atoms with Crippen LogP contribution < -0.4 is 0 Å². The maximum atomic E-state index is 5.99. The fourth-order valence-electron chi connectivity index (χ4n) is 1.79. The van der Waals surface area contributed by atoms with E-state index in [0.717, 1.165) is 0 Å². The van der Waals surface area contributed by atoms with Crippen LogP contribution in [0.3, 0.4) is 0 Å². The lowest BCUT2D eigenvalue weighted by Crippen LogP contribution is -2.27. The Morgan fingerprint density at radius 2 is 1.75 bits per heavy atom. The number of hydrogen-bond donors (Lipinski definition) is 0. The first kappa shape index (κ1) is 10.0. The van der Waals surface area contributed by atoms with Gasteiger partial charge in [-0.15, -0.1) is 0 Å². The first-order chi connectivity index (χ1) is 5.41. The maximum absolute atomic E-state index is 5.99. The van der Waals surface area contributed by atoms with Crippen LogP contribution in [0.2, 0.25) is 0 Å². The van der Waals surface area contributed by atoms with Crippen molar-refractivity contribution in [3.05, 3.63) is 0 Å². The molecule has 1 aliphatic rings. The van der Waals surface area contributed by atoms with Crippen molar-refractivity contribution >= 4 is 0 Å². The summed E-state index contributed by atoms with van der Waals surface area (Å²) in [6, 6.07) is 0. The lowest BCUT2D eigenvalue weighted by Gasteiger charge is -2.27. The van der Waals surface area contributed by atoms with Gasteiger partial charge in [0.05, 0.1) is 12.2 Å². The maximum Gasteiger partial charge on any atom is 0.0628 e. The van der Waals surface area contributed by atoms with Gasteiger partial charge in [0.2, 0.25) is 0 Å². The average molecular weight is 170 g/mol. The van der Waals surface area contributed by atoms with Crippen molar-refractivity contribution in [2.24, 2.45) is 11.3 Å². The molecule has 72 valence electrons. The summed E-state index contributed by atoms with van der Waals surface area (Å²) >= 11 is 0. The Morgan fingerprint density at radius 1 is 1.17 bits per heavy atom. The fraction of sp³-hybridized carbons (Fsp3) is 1.00. The van der Waals surface area contributed by atoms with Gasteiger partial charge in [-0.3, -0.25) is 0 Å². The fourth-order valence-corrected chi connectivity index (χ4v) is 1.79. The van der Waals surface area contributed by atoms with Crippen LogP contribution >= 0.6 is 0 Å². The van der Waals surface area contributed by atoms with Crippen molar-refractivity contribution in [2.75, 3.05) is 0 Å². The molecule has 2 atom stereocenters. The third-order valence-corrected chi connectivity index (χ3v) is 2.76. The average Bonchev–Trinajstić information content (AvgIpc) is 2.30. The van der Waals surface area contributed by atoms with Gasteiger partial charge in [0.1, 0.15) is 0 Å². The molecule has 0 aliphatic carbocycles. The molecule has 0 saturated carbocycles. The highest BCUT2D eigenvalue weighted by atomic mass is 16.5. The number of ether oxygens (including phenoxy) is 1. The first-order valence-electron chi connectivity index (χ1n) is 5.06. The molecule has 1 nitrogen and oxygen atoms in total. The molecule has 0 aromatic rings. The lowest BCUT2D eigenvalue weighted by molar-refractivity contribution is -0.0325. The highest BCUT2D eigenvalue weighted by Gasteiger charge is 2.34. The monoisotopic (exact) mass is 170 g/mol. The van der Waals surface area contributed by atoms with Crippen LogP contribution in [0.5, 0.6) is 0 Å². The molecule has 1 heteroatoms. The molecule has 0 aromatic carbocycles. The van der Waals surface area contributed by atoms with Crippen molar-refractivity contribution in [3.63, 3.8) is 0 Å². The van der Waals surface area contributed by atoms with Crippen molar-refractivity contribution < 1.29 is 4.74 Å². The third kappa shape index (κ3) is 2.22. The van der Waals surface area contributed by atoms with Crippen molar-refractivity contribution in [2.45, 2.75) is 59.7 Å². The second-order valence-corrected chi connectivity index (χ2v) is 5.35. The molecular weight excluding hydrogens is 148 g/mol. The van der Waals surface area contributed by atoms with Crippen molar-refractivity contribution in [1.82, 2.24) is 0 Å². The zero-order chi connectivity index (χ0) is 9.35. The van der Waals surface area contributed by atoms with Gasteiger partial charge in [0.15, 0.2) is 0 Å². The van der Waals surface area contributed by atoms with Gasteiger partial charge < -0.3 is 4.74 Å². The van der Waals surface area contributed by atoms with E-state index in [0.29, 0.717) is 23.5 Å². The highest BCUT2D eigenvalue weighted by Crippen LogP contribution is 2.35. The van der Waals surface area contributed by atoms with E-state index in [2.05, 4.69) is 34.6 Å². The van der Waals surface area contributed by atoms with Gasteiger partial charge >= 0.3 is 0 Å². The summed E-state index contributed by atoms with van der Waals surface area (Å²) in [5.74, 6) is 0.678. The topological polar surface area (TPSA) is 9.23 Å². The SMILES string of the molecule is CC(C)C1CCC(C(C)(C)C)O1. The predicted molar refractivity (Wildman–Crippen MR) is 52.2 cm³/mol. The standard InChI is InChI=1S/C11H22O/c1-8(2)9-6-7-10(12-9)11(3,4)5/h8-10H,6-7H2,1-5H3. The zero-order valence-electron chi connectivity index (χ0n) is 9.05. The second kappa shape index (κ2) is 3.37. The molecule has 12 heavy (non-hydrogen) atoms. The molecule has 1 heterocycles. The lowest BCUT2D eigenvalue weighted by atomic mass is 9.87. The molecular formula is C11H22O. The van der Waals surface area contributed by atoms with Gasteiger partial charge in [-0.05, 0) is 24.2 Å². The van der Waals surface area contributed by atoms with Crippen LogP contribution in [0.1, 0.15) is 47.5 Å². The molecule has 0 radical (unpaired) electrons. The zero-order valence-corrected chi connectivity index (χ0v) is 9.05. The van der Waals surface area contributed by atoms with E-state index in [-0.39, 0.29) is 0 Å². The smallest absolute Gasteiger partial charge is 0.0628 e. The van der Waals surface area contributed by atoms with Crippen LogP contribution in [0.25, 0.3) is 0 Å². The summed E-state index contributed by atoms with van der Waals surface area (Å²) in [5, 5.41) is 0. The summed E-state index contributed by atoms with van der Waals surface area (Å²) in [6.45, 7) is 11.3. The first-order valence-corrected chi connectivity index (χ1v) is 5.06. The minimum atomic E-state index is 0.323. The van der Waals surface area contributed by atoms with Gasteiger partial charge in [0, 0.05) is 0 Å². The van der Waals surface area contributed by atoms with E-state index < -0.39 is 0 Å². The van der Waals surface area contributed by atoms with Crippen molar-refractivity contribution in [3.8, 4) is 0 Å². The quantitative estimate of drug-likeness (QED) is 0.587. The molecule has 1 rings (SSSR count). The second-order valence-electron chi connectivity index (χ2n) is 5.35. The third-order valence-electron chi connectivity index (χ3n) is 2.76. The molecule has 0 spiro atoms. The Hall–Kier alpha value is -0.0400. The van der Waals surface area contributed by atoms with Crippen molar-refractivity contribution in [1.29, 1.82) is 0 Å². The van der Waals surface area contributed by atoms with E-state index in [9.17, 15) is 0 Å². The number of rotatable bonds is 1. The van der Waals surface area contributed by atoms with E-state index in [1.807, 2.05) is 0 Å². The van der Waals surface area contributed by atoms with Gasteiger partial charge in [-0.2, -0.15) is 0 Å². The Balaban J connectivity index is 2.46. The minimum absolute atomic E-state index is 0.323. The van der Waals surface area contributed by atoms with E-state index in [4.69, 9.17) is 4.74 Å². The molecule has 0 bridgehead atoms. The van der Waals surface area contributed by atoms with E-state index >= 15 is 0 Å². The summed E-state index contributed by atoms with van der Waals surface area (Å²) in [5.41, 5.74) is 0.323. The van der Waals surface area contributed by atoms with Crippen LogP contribution in [0.15, 0.2) is 0 Å². The number of hydrogen-bond acceptors (Lipinski definition) is 1. The summed E-state index contributed by atoms with van der Waals surface area (Å²) in [4.78, 5) is 0. The van der Waals surface area contributed by atoms with Gasteiger partial charge in [-0.25, -0.2) is 0 Å². The predicted octanol–water partition coefficient (Wildman–Crippen LogP) is 3.24. The van der Waals surface area contributed by atoms with E-state index in [1.165, 1.54) is 12.8 Å². The van der Waals surface area contributed by atoms with Crippen LogP contribution in [-0.4, -0.2) is 12.2 Å². The van der Waals surface area contributed by atoms with Crippen LogP contribution in [0, 0.1) is 11.3 Å². The largest absolute Gasteiger partial charge is 0.374 e. The highest BCUT2D eigenvalue weighted by molar-refractivity contribution is 4.83. The van der Waals surface area contributed by atoms with Gasteiger partial charge in [0.25, 0.3) is 0 Å². The Morgan fingerprint density at radius 3 is 2.00 bits per heavy atom. The normalized spacial score (nSPS) is 31.5. The molecule has 0 aromatic heterocycles. The molecule has 2 unspecified atom stereocenters. The summed E-state index contributed by atoms with van der Waals surface area (Å²) in [6.07, 6.45) is 3.48. The molecule has 0 amide bonds. The van der Waals surface area contributed by atoms with Gasteiger partial charge in [-0.1, -0.05) is 34.6 Å². The molecule has 1 aliphatic heterocycles. The Bertz CT molecular complexity index is 144. The minimum Gasteiger partial charge on any atom is -0.374 e. The molecule has 1 fully saturated rings. The molecule has 1 saturated heterocycles. The summed E-state index contributed by atoms with van der Waals surface area (Å²) < 4.78 is 5.99. The Labute approximate surface area is 76.5 Å². The van der Waals surface area contributed by atoms with Crippen LogP contribution in [0.4, 0.5) is 0 Å². The Kier molecular flexibility index (Phi) is 2.82. The molecule has 0 N–H and O–H groups in total. The summed E-state index contributed by atoms with van der Waals surface area (Å²) in [7, 11) is 0. The van der Waals surface area contributed by atoms with E-state index in [1.54, 1.807) is 0 Å². The van der Waals surface area contributed by atoms with Crippen LogP contribution in [-0.2, 0) is 4.74 Å².